The SMILES string of the molecule is Cn1ncc(Cl)c1C(N)c1ccccc1C(F)(F)F. The summed E-state index contributed by atoms with van der Waals surface area (Å²) >= 11 is 5.91. The van der Waals surface area contributed by atoms with Crippen LogP contribution in [0.25, 0.3) is 0 Å². The third kappa shape index (κ3) is 2.59. The fourth-order valence-electron chi connectivity index (χ4n) is 1.94. The number of hydrogen-bond donors (Lipinski definition) is 1. The number of benzene rings is 1. The van der Waals surface area contributed by atoms with Crippen molar-refractivity contribution in [3.8, 4) is 0 Å². The molecule has 0 fully saturated rings. The molecule has 0 saturated carbocycles. The molecule has 0 aliphatic heterocycles. The van der Waals surface area contributed by atoms with Gasteiger partial charge in [0, 0.05) is 7.05 Å². The van der Waals surface area contributed by atoms with E-state index in [-0.39, 0.29) is 10.6 Å². The van der Waals surface area contributed by atoms with Crippen molar-refractivity contribution < 1.29 is 13.2 Å². The first kappa shape index (κ1) is 13.9. The maximum atomic E-state index is 12.9. The minimum absolute atomic E-state index is 0.0273. The monoisotopic (exact) mass is 289 g/mol. The van der Waals surface area contributed by atoms with E-state index in [0.29, 0.717) is 5.69 Å². The van der Waals surface area contributed by atoms with Gasteiger partial charge >= 0.3 is 6.18 Å². The van der Waals surface area contributed by atoms with E-state index < -0.39 is 17.8 Å². The van der Waals surface area contributed by atoms with Gasteiger partial charge in [-0.25, -0.2) is 0 Å². The molecular formula is C12H11ClF3N3. The molecule has 7 heteroatoms. The molecule has 19 heavy (non-hydrogen) atoms. The first-order chi connectivity index (χ1) is 8.82. The summed E-state index contributed by atoms with van der Waals surface area (Å²) in [5, 5.41) is 4.12. The Morgan fingerprint density at radius 1 is 1.32 bits per heavy atom. The fourth-order valence-corrected chi connectivity index (χ4v) is 2.23. The second kappa shape index (κ2) is 4.86. The van der Waals surface area contributed by atoms with Gasteiger partial charge in [0.15, 0.2) is 0 Å². The highest BCUT2D eigenvalue weighted by Crippen LogP contribution is 2.36. The Hall–Kier alpha value is -1.53. The Bertz CT molecular complexity index is 573. The lowest BCUT2D eigenvalue weighted by Gasteiger charge is -2.18. The third-order valence-electron chi connectivity index (χ3n) is 2.83. The van der Waals surface area contributed by atoms with Gasteiger partial charge in [-0.2, -0.15) is 18.3 Å². The van der Waals surface area contributed by atoms with E-state index >= 15 is 0 Å². The molecule has 0 bridgehead atoms. The first-order valence-electron chi connectivity index (χ1n) is 5.41. The topological polar surface area (TPSA) is 43.8 Å². The van der Waals surface area contributed by atoms with Crippen molar-refractivity contribution in [1.82, 2.24) is 9.78 Å². The minimum atomic E-state index is -4.46. The number of halogens is 4. The third-order valence-corrected chi connectivity index (χ3v) is 3.12. The normalized spacial score (nSPS) is 13.6. The molecule has 0 radical (unpaired) electrons. The summed E-state index contributed by atoms with van der Waals surface area (Å²) in [6.07, 6.45) is -3.10. The van der Waals surface area contributed by atoms with Crippen molar-refractivity contribution in [3.05, 3.63) is 52.3 Å². The molecule has 0 aliphatic rings. The molecular weight excluding hydrogens is 279 g/mol. The van der Waals surface area contributed by atoms with Crippen LogP contribution in [0.3, 0.4) is 0 Å². The van der Waals surface area contributed by atoms with Crippen LogP contribution in [-0.2, 0) is 13.2 Å². The Morgan fingerprint density at radius 2 is 1.95 bits per heavy atom. The van der Waals surface area contributed by atoms with Crippen LogP contribution in [-0.4, -0.2) is 9.78 Å². The second-order valence-electron chi connectivity index (χ2n) is 4.06. The maximum absolute atomic E-state index is 12.9. The van der Waals surface area contributed by atoms with Crippen LogP contribution in [0.4, 0.5) is 13.2 Å². The van der Waals surface area contributed by atoms with Gasteiger partial charge in [0.05, 0.1) is 28.5 Å². The lowest BCUT2D eigenvalue weighted by molar-refractivity contribution is -0.138. The molecule has 0 spiro atoms. The minimum Gasteiger partial charge on any atom is -0.319 e. The molecule has 2 N–H and O–H groups in total. The summed E-state index contributed by atoms with van der Waals surface area (Å²) in [7, 11) is 1.58. The summed E-state index contributed by atoms with van der Waals surface area (Å²) in [6, 6.07) is 4.19. The van der Waals surface area contributed by atoms with Crippen molar-refractivity contribution in [3.63, 3.8) is 0 Å². The van der Waals surface area contributed by atoms with Crippen molar-refractivity contribution in [2.75, 3.05) is 0 Å². The lowest BCUT2D eigenvalue weighted by atomic mass is 9.98. The Kier molecular flexibility index (Phi) is 3.56. The van der Waals surface area contributed by atoms with Gasteiger partial charge < -0.3 is 5.73 Å². The largest absolute Gasteiger partial charge is 0.416 e. The molecule has 0 saturated heterocycles. The fraction of sp³-hybridized carbons (Fsp3) is 0.250. The Morgan fingerprint density at radius 3 is 2.47 bits per heavy atom. The van der Waals surface area contributed by atoms with E-state index in [1.54, 1.807) is 7.05 Å². The number of nitrogens with zero attached hydrogens (tertiary/aromatic N) is 2. The summed E-state index contributed by atoms with van der Waals surface area (Å²) in [5.74, 6) is 0. The summed E-state index contributed by atoms with van der Waals surface area (Å²) in [4.78, 5) is 0. The molecule has 2 aromatic rings. The lowest BCUT2D eigenvalue weighted by Crippen LogP contribution is -2.21. The van der Waals surface area contributed by atoms with Crippen LogP contribution in [0, 0.1) is 0 Å². The highest BCUT2D eigenvalue weighted by Gasteiger charge is 2.35. The molecule has 1 aromatic heterocycles. The molecule has 1 atom stereocenters. The standard InChI is InChI=1S/C12H11ClF3N3/c1-19-11(9(13)6-18-19)10(17)7-4-2-3-5-8(7)12(14,15)16/h2-6,10H,17H2,1H3. The Labute approximate surface area is 112 Å². The highest BCUT2D eigenvalue weighted by atomic mass is 35.5. The van der Waals surface area contributed by atoms with Crippen LogP contribution in [0.15, 0.2) is 30.5 Å². The quantitative estimate of drug-likeness (QED) is 0.923. The molecule has 102 valence electrons. The maximum Gasteiger partial charge on any atom is 0.416 e. The summed E-state index contributed by atoms with van der Waals surface area (Å²) in [6.45, 7) is 0. The molecule has 2 rings (SSSR count). The average Bonchev–Trinajstić information content (AvgIpc) is 2.67. The van der Waals surface area contributed by atoms with E-state index in [4.69, 9.17) is 17.3 Å². The molecule has 0 amide bonds. The molecule has 1 aromatic carbocycles. The first-order valence-corrected chi connectivity index (χ1v) is 5.79. The van der Waals surface area contributed by atoms with Crippen LogP contribution in [0.1, 0.15) is 22.9 Å². The van der Waals surface area contributed by atoms with Gasteiger partial charge in [-0.15, -0.1) is 0 Å². The van der Waals surface area contributed by atoms with E-state index in [0.717, 1.165) is 6.07 Å². The van der Waals surface area contributed by atoms with Gasteiger partial charge in [-0.05, 0) is 11.6 Å². The van der Waals surface area contributed by atoms with E-state index in [9.17, 15) is 13.2 Å². The van der Waals surface area contributed by atoms with Gasteiger partial charge in [-0.1, -0.05) is 29.8 Å². The van der Waals surface area contributed by atoms with Crippen LogP contribution in [0.5, 0.6) is 0 Å². The smallest absolute Gasteiger partial charge is 0.319 e. The zero-order valence-corrected chi connectivity index (χ0v) is 10.7. The van der Waals surface area contributed by atoms with Gasteiger partial charge in [0.1, 0.15) is 0 Å². The second-order valence-corrected chi connectivity index (χ2v) is 4.47. The molecule has 1 unspecified atom stereocenters. The van der Waals surface area contributed by atoms with Gasteiger partial charge in [-0.3, -0.25) is 4.68 Å². The Balaban J connectivity index is 2.54. The molecule has 1 heterocycles. The molecule has 0 aliphatic carbocycles. The van der Waals surface area contributed by atoms with Crippen LogP contribution in [0.2, 0.25) is 5.02 Å². The van der Waals surface area contributed by atoms with Crippen molar-refractivity contribution in [2.45, 2.75) is 12.2 Å². The van der Waals surface area contributed by atoms with Crippen LogP contribution < -0.4 is 5.73 Å². The highest BCUT2D eigenvalue weighted by molar-refractivity contribution is 6.31. The predicted octanol–water partition coefficient (Wildman–Crippen LogP) is 3.14. The van der Waals surface area contributed by atoms with Crippen LogP contribution >= 0.6 is 11.6 Å². The number of nitrogens with two attached hydrogens (primary N) is 1. The zero-order valence-electron chi connectivity index (χ0n) is 9.95. The van der Waals surface area contributed by atoms with E-state index in [2.05, 4.69) is 5.10 Å². The van der Waals surface area contributed by atoms with E-state index in [1.165, 1.54) is 29.1 Å². The molecule has 3 nitrogen and oxygen atoms in total. The van der Waals surface area contributed by atoms with Gasteiger partial charge in [0.2, 0.25) is 0 Å². The zero-order chi connectivity index (χ0) is 14.2. The van der Waals surface area contributed by atoms with Gasteiger partial charge in [0.25, 0.3) is 0 Å². The number of hydrogen-bond acceptors (Lipinski definition) is 2. The number of rotatable bonds is 2. The predicted molar refractivity (Wildman–Crippen MR) is 65.7 cm³/mol. The summed E-state index contributed by atoms with van der Waals surface area (Å²) in [5.41, 5.74) is 5.47. The van der Waals surface area contributed by atoms with Crippen molar-refractivity contribution in [2.24, 2.45) is 12.8 Å². The number of alkyl halides is 3. The van der Waals surface area contributed by atoms with E-state index in [1.807, 2.05) is 0 Å². The number of aromatic nitrogens is 2. The van der Waals surface area contributed by atoms with Crippen molar-refractivity contribution in [1.29, 1.82) is 0 Å². The van der Waals surface area contributed by atoms with Crippen molar-refractivity contribution >= 4 is 11.6 Å². The summed E-state index contributed by atoms with van der Waals surface area (Å²) < 4.78 is 40.2. The average molecular weight is 290 g/mol. The number of aryl methyl sites for hydroxylation is 1.